The van der Waals surface area contributed by atoms with Crippen molar-refractivity contribution < 1.29 is 17.6 Å². The number of fused-ring (bicyclic) bond motifs is 1. The second kappa shape index (κ2) is 9.18. The second-order valence-electron chi connectivity index (χ2n) is 8.73. The summed E-state index contributed by atoms with van der Waals surface area (Å²) in [6.07, 6.45) is 1.21. The molecule has 4 rings (SSSR count). The normalized spacial score (nSPS) is 17.7. The van der Waals surface area contributed by atoms with Gasteiger partial charge in [-0.15, -0.1) is 0 Å². The molecule has 176 valence electrons. The number of aryl methyl sites for hydroxylation is 1. The molecule has 0 saturated carbocycles. The van der Waals surface area contributed by atoms with E-state index in [1.165, 1.54) is 6.07 Å². The summed E-state index contributed by atoms with van der Waals surface area (Å²) in [5.74, 6) is -0.682. The Morgan fingerprint density at radius 1 is 1.30 bits per heavy atom. The third-order valence-electron chi connectivity index (χ3n) is 5.85. The fourth-order valence-corrected chi connectivity index (χ4v) is 5.91. The number of aromatic nitrogens is 3. The Labute approximate surface area is 192 Å². The van der Waals surface area contributed by atoms with Gasteiger partial charge in [-0.1, -0.05) is 12.1 Å². The number of sulfone groups is 1. The molecule has 1 aromatic carbocycles. The lowest BCUT2D eigenvalue weighted by Crippen LogP contribution is -2.27. The van der Waals surface area contributed by atoms with Crippen LogP contribution in [0.15, 0.2) is 30.3 Å². The van der Waals surface area contributed by atoms with Gasteiger partial charge in [0.15, 0.2) is 15.5 Å². The maximum Gasteiger partial charge on any atom is 0.252 e. The van der Waals surface area contributed by atoms with E-state index in [1.807, 2.05) is 19.0 Å². The minimum atomic E-state index is -3.15. The molecule has 33 heavy (non-hydrogen) atoms. The number of amides is 1. The summed E-state index contributed by atoms with van der Waals surface area (Å²) in [7, 11) is 0.784. The van der Waals surface area contributed by atoms with E-state index in [2.05, 4.69) is 15.4 Å². The number of carbonyl (C=O) groups excluding carboxylic acids is 1. The Kier molecular flexibility index (Phi) is 6.49. The zero-order valence-electron chi connectivity index (χ0n) is 19.0. The smallest absolute Gasteiger partial charge is 0.252 e. The molecule has 1 aliphatic heterocycles. The van der Waals surface area contributed by atoms with Gasteiger partial charge in [0.05, 0.1) is 39.9 Å². The van der Waals surface area contributed by atoms with E-state index >= 15 is 0 Å². The Morgan fingerprint density at radius 2 is 2.06 bits per heavy atom. The van der Waals surface area contributed by atoms with Crippen molar-refractivity contribution in [2.45, 2.75) is 25.8 Å². The van der Waals surface area contributed by atoms with Crippen LogP contribution in [0.4, 0.5) is 4.39 Å². The molecule has 1 amide bonds. The van der Waals surface area contributed by atoms with E-state index in [1.54, 1.807) is 35.9 Å². The average Bonchev–Trinajstić information content (AvgIpc) is 3.29. The molecule has 0 spiro atoms. The molecule has 0 aliphatic carbocycles. The molecule has 3 aromatic rings. The van der Waals surface area contributed by atoms with Gasteiger partial charge in [0.1, 0.15) is 5.82 Å². The van der Waals surface area contributed by atoms with E-state index in [4.69, 9.17) is 0 Å². The Morgan fingerprint density at radius 3 is 2.73 bits per heavy atom. The van der Waals surface area contributed by atoms with Crippen molar-refractivity contribution in [3.8, 4) is 11.3 Å². The zero-order chi connectivity index (χ0) is 23.8. The van der Waals surface area contributed by atoms with Gasteiger partial charge < -0.3 is 10.2 Å². The lowest BCUT2D eigenvalue weighted by molar-refractivity contribution is 0.0954. The van der Waals surface area contributed by atoms with Crippen LogP contribution in [0, 0.1) is 12.7 Å². The van der Waals surface area contributed by atoms with Crippen LogP contribution < -0.4 is 5.32 Å². The van der Waals surface area contributed by atoms with Crippen molar-refractivity contribution in [1.82, 2.24) is 25.0 Å². The van der Waals surface area contributed by atoms with Crippen LogP contribution in [0.3, 0.4) is 0 Å². The molecule has 1 atom stereocenters. The fourth-order valence-electron chi connectivity index (χ4n) is 4.21. The van der Waals surface area contributed by atoms with Gasteiger partial charge in [-0.05, 0) is 58.6 Å². The summed E-state index contributed by atoms with van der Waals surface area (Å²) in [5.41, 5.74) is 1.91. The molecule has 1 fully saturated rings. The first-order chi connectivity index (χ1) is 15.7. The number of nitrogens with zero attached hydrogens (tertiary/aromatic N) is 4. The predicted molar refractivity (Wildman–Crippen MR) is 125 cm³/mol. The van der Waals surface area contributed by atoms with Gasteiger partial charge in [0, 0.05) is 12.1 Å². The summed E-state index contributed by atoms with van der Waals surface area (Å²) < 4.78 is 40.4. The van der Waals surface area contributed by atoms with E-state index in [-0.39, 0.29) is 29.0 Å². The molecule has 1 N–H and O–H groups in total. The first-order valence-corrected chi connectivity index (χ1v) is 12.8. The van der Waals surface area contributed by atoms with Crippen LogP contribution >= 0.6 is 0 Å². The van der Waals surface area contributed by atoms with Crippen molar-refractivity contribution >= 4 is 26.8 Å². The lowest BCUT2D eigenvalue weighted by Gasteiger charge is -2.13. The van der Waals surface area contributed by atoms with Crippen molar-refractivity contribution in [2.75, 3.05) is 38.7 Å². The van der Waals surface area contributed by atoms with Crippen LogP contribution in [0.2, 0.25) is 0 Å². The summed E-state index contributed by atoms with van der Waals surface area (Å²) in [4.78, 5) is 19.9. The lowest BCUT2D eigenvalue weighted by atomic mass is 10.0. The molecule has 0 bridgehead atoms. The molecule has 1 saturated heterocycles. The van der Waals surface area contributed by atoms with Gasteiger partial charge in [-0.3, -0.25) is 4.79 Å². The highest BCUT2D eigenvalue weighted by Crippen LogP contribution is 2.32. The summed E-state index contributed by atoms with van der Waals surface area (Å²) in [6, 6.07) is 7.46. The standard InChI is InChI=1S/C23H28FN5O3S/c1-15-21-18(23(30)25-10-6-11-28(2)3)13-20(17-7-4-5-8-19(17)24)26-22(21)29(27-15)16-9-12-33(31,32)14-16/h4-5,7-8,13,16H,6,9-12,14H2,1-3H3,(H,25,30). The first-order valence-electron chi connectivity index (χ1n) is 10.9. The molecular formula is C23H28FN5O3S. The molecular weight excluding hydrogens is 445 g/mol. The van der Waals surface area contributed by atoms with E-state index in [0.29, 0.717) is 41.0 Å². The highest BCUT2D eigenvalue weighted by molar-refractivity contribution is 7.91. The van der Waals surface area contributed by atoms with Crippen LogP contribution in [0.25, 0.3) is 22.3 Å². The Balaban J connectivity index is 1.81. The highest BCUT2D eigenvalue weighted by atomic mass is 32.2. The van der Waals surface area contributed by atoms with Crippen LogP contribution in [-0.2, 0) is 9.84 Å². The van der Waals surface area contributed by atoms with Gasteiger partial charge in [0.2, 0.25) is 0 Å². The monoisotopic (exact) mass is 473 g/mol. The van der Waals surface area contributed by atoms with Crippen molar-refractivity contribution in [2.24, 2.45) is 0 Å². The number of nitrogens with one attached hydrogen (secondary N) is 1. The SMILES string of the molecule is Cc1nn(C2CCS(=O)(=O)C2)c2nc(-c3ccccc3F)cc(C(=O)NCCCN(C)C)c12. The van der Waals surface area contributed by atoms with Crippen LogP contribution in [0.5, 0.6) is 0 Å². The third kappa shape index (κ3) is 4.91. The quantitative estimate of drug-likeness (QED) is 0.530. The number of pyridine rings is 1. The first kappa shape index (κ1) is 23.3. The number of halogens is 1. The highest BCUT2D eigenvalue weighted by Gasteiger charge is 2.32. The van der Waals surface area contributed by atoms with E-state index < -0.39 is 15.7 Å². The number of benzene rings is 1. The van der Waals surface area contributed by atoms with Crippen LogP contribution in [-0.4, -0.2) is 72.7 Å². The number of rotatable bonds is 7. The van der Waals surface area contributed by atoms with Gasteiger partial charge in [-0.25, -0.2) is 22.5 Å². The maximum absolute atomic E-state index is 14.6. The largest absolute Gasteiger partial charge is 0.352 e. The van der Waals surface area contributed by atoms with Gasteiger partial charge >= 0.3 is 0 Å². The van der Waals surface area contributed by atoms with Crippen molar-refractivity contribution in [3.63, 3.8) is 0 Å². The molecule has 1 unspecified atom stereocenters. The minimum Gasteiger partial charge on any atom is -0.352 e. The molecule has 1 aliphatic rings. The Hall–Kier alpha value is -2.85. The molecule has 0 radical (unpaired) electrons. The summed E-state index contributed by atoms with van der Waals surface area (Å²) in [5, 5.41) is 8.07. The number of hydrogen-bond donors (Lipinski definition) is 1. The van der Waals surface area contributed by atoms with Gasteiger partial charge in [0.25, 0.3) is 5.91 Å². The van der Waals surface area contributed by atoms with Crippen molar-refractivity contribution in [1.29, 1.82) is 0 Å². The van der Waals surface area contributed by atoms with E-state index in [9.17, 15) is 17.6 Å². The molecule has 2 aromatic heterocycles. The topological polar surface area (TPSA) is 97.2 Å². The third-order valence-corrected chi connectivity index (χ3v) is 7.60. The maximum atomic E-state index is 14.6. The molecule has 3 heterocycles. The van der Waals surface area contributed by atoms with E-state index in [0.717, 1.165) is 13.0 Å². The second-order valence-corrected chi connectivity index (χ2v) is 11.0. The number of carbonyl (C=O) groups is 1. The minimum absolute atomic E-state index is 0.0269. The summed E-state index contributed by atoms with van der Waals surface area (Å²) in [6.45, 7) is 3.10. The average molecular weight is 474 g/mol. The van der Waals surface area contributed by atoms with Crippen LogP contribution in [0.1, 0.15) is 34.9 Å². The number of hydrogen-bond acceptors (Lipinski definition) is 6. The van der Waals surface area contributed by atoms with Gasteiger partial charge in [-0.2, -0.15) is 5.10 Å². The molecule has 8 nitrogen and oxygen atoms in total. The Bertz CT molecular complexity index is 1300. The fraction of sp³-hybridized carbons (Fsp3) is 0.435. The van der Waals surface area contributed by atoms with Crippen molar-refractivity contribution in [3.05, 3.63) is 47.4 Å². The molecule has 10 heteroatoms. The zero-order valence-corrected chi connectivity index (χ0v) is 19.8. The summed E-state index contributed by atoms with van der Waals surface area (Å²) >= 11 is 0. The predicted octanol–water partition coefficient (Wildman–Crippen LogP) is 2.59.